The summed E-state index contributed by atoms with van der Waals surface area (Å²) >= 11 is 1.16. The lowest BCUT2D eigenvalue weighted by molar-refractivity contribution is -0.130. The number of benzene rings is 2. The van der Waals surface area contributed by atoms with Crippen LogP contribution in [0.5, 0.6) is 0 Å². The van der Waals surface area contributed by atoms with E-state index in [-0.39, 0.29) is 32.8 Å². The van der Waals surface area contributed by atoms with Crippen LogP contribution in [0, 0.1) is 30.0 Å². The zero-order chi connectivity index (χ0) is 31.5. The number of ether oxygens (including phenoxy) is 1. The highest BCUT2D eigenvalue weighted by atomic mass is 32.2. The molecule has 1 amide bonds. The number of fused-ring (bicyclic) bond motifs is 1. The van der Waals surface area contributed by atoms with E-state index in [9.17, 15) is 26.4 Å². The molecule has 2 aliphatic heterocycles. The number of amides is 1. The molecule has 2 aliphatic rings. The largest absolute Gasteiger partial charge is 0.379 e. The fourth-order valence-electron chi connectivity index (χ4n) is 4.55. The standard InChI is InChI=1S/C21H18F3N5O2S.C7H8O3S/c1-21(23,24)18-13-9-32-20(26)29-16(13)17(31-18)12-6-11(3-4-14(12)22)28-19(30)15-5-2-10(7-25)8-27-15;1-6-2-4-7(5-3-6)11(8,9)10/h2-6,8,13,16-18H,9H2,1H3,(H2,26,29)(H,28,30);2-5H,1H3,(H,8,9,10)/t13-,16?,17-,18-;/m0./s1. The Kier molecular flexibility index (Phi) is 9.45. The molecule has 3 heterocycles. The van der Waals surface area contributed by atoms with E-state index in [4.69, 9.17) is 20.3 Å². The first kappa shape index (κ1) is 32.0. The third-order valence-electron chi connectivity index (χ3n) is 6.63. The van der Waals surface area contributed by atoms with E-state index in [2.05, 4.69) is 15.3 Å². The van der Waals surface area contributed by atoms with Gasteiger partial charge in [0.15, 0.2) is 5.17 Å². The van der Waals surface area contributed by atoms with Gasteiger partial charge in [0.05, 0.1) is 16.5 Å². The number of alkyl halides is 2. The van der Waals surface area contributed by atoms with Crippen molar-refractivity contribution in [3.63, 3.8) is 0 Å². The summed E-state index contributed by atoms with van der Waals surface area (Å²) in [5, 5.41) is 11.6. The van der Waals surface area contributed by atoms with Gasteiger partial charge in [-0.2, -0.15) is 13.7 Å². The molecule has 1 aromatic heterocycles. The van der Waals surface area contributed by atoms with E-state index in [0.717, 1.165) is 30.3 Å². The number of hydrogen-bond donors (Lipinski definition) is 3. The summed E-state index contributed by atoms with van der Waals surface area (Å²) in [5.74, 6) is -4.75. The predicted octanol–water partition coefficient (Wildman–Crippen LogP) is 4.73. The summed E-state index contributed by atoms with van der Waals surface area (Å²) in [7, 11) is -4.02. The van der Waals surface area contributed by atoms with Crippen molar-refractivity contribution in [2.24, 2.45) is 16.6 Å². The first-order chi connectivity index (χ1) is 20.2. The minimum atomic E-state index is -4.02. The number of aryl methyl sites for hydroxylation is 1. The summed E-state index contributed by atoms with van der Waals surface area (Å²) in [6, 6.07) is 13.7. The van der Waals surface area contributed by atoms with Gasteiger partial charge in [-0.25, -0.2) is 18.2 Å². The van der Waals surface area contributed by atoms with Crippen LogP contribution in [-0.4, -0.2) is 52.9 Å². The number of pyridine rings is 1. The molecule has 0 aliphatic carbocycles. The van der Waals surface area contributed by atoms with Crippen molar-refractivity contribution in [1.82, 2.24) is 4.98 Å². The summed E-state index contributed by atoms with van der Waals surface area (Å²) in [6.07, 6.45) is -1.27. The number of carbonyl (C=O) groups excluding carboxylic acids is 1. The van der Waals surface area contributed by atoms with Crippen LogP contribution in [-0.2, 0) is 14.9 Å². The Balaban J connectivity index is 0.000000324. The molecule has 0 spiro atoms. The molecule has 10 nitrogen and oxygen atoms in total. The molecule has 0 bridgehead atoms. The maximum atomic E-state index is 14.7. The molecule has 1 unspecified atom stereocenters. The van der Waals surface area contributed by atoms with Crippen LogP contribution in [0.2, 0.25) is 0 Å². The van der Waals surface area contributed by atoms with Crippen LogP contribution in [0.4, 0.5) is 18.9 Å². The highest BCUT2D eigenvalue weighted by Gasteiger charge is 2.55. The topological polar surface area (TPSA) is 168 Å². The van der Waals surface area contributed by atoms with Gasteiger partial charge in [-0.15, -0.1) is 0 Å². The summed E-state index contributed by atoms with van der Waals surface area (Å²) in [4.78, 5) is 20.6. The lowest BCUT2D eigenvalue weighted by Crippen LogP contribution is -2.40. The van der Waals surface area contributed by atoms with E-state index in [1.54, 1.807) is 12.1 Å². The molecule has 5 rings (SSSR count). The van der Waals surface area contributed by atoms with Crippen LogP contribution < -0.4 is 11.1 Å². The quantitative estimate of drug-likeness (QED) is 0.337. The van der Waals surface area contributed by atoms with E-state index >= 15 is 0 Å². The molecule has 226 valence electrons. The SMILES string of the molecule is CC(F)(F)[C@H]1O[C@@H](c2cc(NC(=O)c3ccc(C#N)cn3)ccc2F)C2N=C(N)SC[C@@H]21.Cc1ccc(S(=O)(=O)O)cc1. The van der Waals surface area contributed by atoms with Gasteiger partial charge >= 0.3 is 0 Å². The molecule has 1 saturated heterocycles. The minimum absolute atomic E-state index is 0.000729. The smallest absolute Gasteiger partial charge is 0.294 e. The number of carbonyl (C=O) groups is 1. The van der Waals surface area contributed by atoms with Crippen molar-refractivity contribution in [3.8, 4) is 6.07 Å². The molecule has 4 atom stereocenters. The molecule has 15 heteroatoms. The minimum Gasteiger partial charge on any atom is -0.379 e. The fraction of sp³-hybridized carbons (Fsp3) is 0.286. The number of halogens is 3. The van der Waals surface area contributed by atoms with Crippen molar-refractivity contribution >= 4 is 38.6 Å². The Hall–Kier alpha value is -3.97. The fourth-order valence-corrected chi connectivity index (χ4v) is 5.96. The Bertz CT molecular complexity index is 1670. The predicted molar refractivity (Wildman–Crippen MR) is 154 cm³/mol. The van der Waals surface area contributed by atoms with Crippen molar-refractivity contribution < 1.29 is 35.7 Å². The molecule has 3 aromatic rings. The number of nitrogens with two attached hydrogens (primary N) is 1. The maximum Gasteiger partial charge on any atom is 0.294 e. The number of rotatable bonds is 5. The first-order valence-corrected chi connectivity index (χ1v) is 15.1. The van der Waals surface area contributed by atoms with Crippen LogP contribution in [0.25, 0.3) is 0 Å². The molecular weight excluding hydrogens is 607 g/mol. The molecule has 0 radical (unpaired) electrons. The van der Waals surface area contributed by atoms with Crippen molar-refractivity contribution in [2.45, 2.75) is 42.9 Å². The monoisotopic (exact) mass is 633 g/mol. The number of nitrogens with one attached hydrogen (secondary N) is 1. The lowest BCUT2D eigenvalue weighted by Gasteiger charge is -2.27. The lowest BCUT2D eigenvalue weighted by atomic mass is 9.90. The molecular formula is C28H26F3N5O5S2. The zero-order valence-corrected chi connectivity index (χ0v) is 24.4. The number of amidine groups is 1. The average Bonchev–Trinajstić information content (AvgIpc) is 3.33. The van der Waals surface area contributed by atoms with Gasteiger partial charge in [0.1, 0.15) is 29.8 Å². The average molecular weight is 634 g/mol. The van der Waals surface area contributed by atoms with Gasteiger partial charge in [0, 0.05) is 36.0 Å². The van der Waals surface area contributed by atoms with E-state index < -0.39 is 51.9 Å². The van der Waals surface area contributed by atoms with Gasteiger partial charge in [0.25, 0.3) is 21.9 Å². The number of thioether (sulfide) groups is 1. The highest BCUT2D eigenvalue weighted by Crippen LogP contribution is 2.48. The van der Waals surface area contributed by atoms with Crippen LogP contribution in [0.15, 0.2) is 70.7 Å². The Morgan fingerprint density at radius 2 is 1.91 bits per heavy atom. The van der Waals surface area contributed by atoms with Gasteiger partial charge in [-0.1, -0.05) is 29.5 Å². The number of aliphatic imine (C=N–C) groups is 1. The van der Waals surface area contributed by atoms with Crippen molar-refractivity contribution in [3.05, 3.63) is 89.0 Å². The molecule has 1 fully saturated rings. The number of aromatic nitrogens is 1. The Labute approximate surface area is 249 Å². The third kappa shape index (κ3) is 7.71. The van der Waals surface area contributed by atoms with Gasteiger partial charge in [-0.05, 0) is 49.4 Å². The molecule has 43 heavy (non-hydrogen) atoms. The Morgan fingerprint density at radius 3 is 2.49 bits per heavy atom. The van der Waals surface area contributed by atoms with Gasteiger partial charge in [0.2, 0.25) is 0 Å². The molecule has 4 N–H and O–H groups in total. The van der Waals surface area contributed by atoms with Crippen LogP contribution in [0.3, 0.4) is 0 Å². The van der Waals surface area contributed by atoms with Crippen LogP contribution >= 0.6 is 11.8 Å². The second-order valence-electron chi connectivity index (χ2n) is 9.89. The third-order valence-corrected chi connectivity index (χ3v) is 8.46. The summed E-state index contributed by atoms with van der Waals surface area (Å²) < 4.78 is 78.3. The van der Waals surface area contributed by atoms with E-state index in [1.165, 1.54) is 42.6 Å². The van der Waals surface area contributed by atoms with Crippen molar-refractivity contribution in [2.75, 3.05) is 11.1 Å². The van der Waals surface area contributed by atoms with E-state index in [1.807, 2.05) is 13.0 Å². The van der Waals surface area contributed by atoms with Gasteiger partial charge in [-0.3, -0.25) is 14.3 Å². The maximum absolute atomic E-state index is 14.7. The molecule has 0 saturated carbocycles. The summed E-state index contributed by atoms with van der Waals surface area (Å²) in [5.41, 5.74) is 7.33. The van der Waals surface area contributed by atoms with E-state index in [0.29, 0.717) is 5.56 Å². The number of nitriles is 1. The Morgan fingerprint density at radius 1 is 1.21 bits per heavy atom. The zero-order valence-electron chi connectivity index (χ0n) is 22.7. The molecule has 2 aromatic carbocycles. The first-order valence-electron chi connectivity index (χ1n) is 12.7. The summed E-state index contributed by atoms with van der Waals surface area (Å²) in [6.45, 7) is 2.61. The number of hydrogen-bond acceptors (Lipinski definition) is 9. The van der Waals surface area contributed by atoms with Crippen LogP contribution in [0.1, 0.15) is 40.2 Å². The second kappa shape index (κ2) is 12.7. The van der Waals surface area contributed by atoms with Crippen molar-refractivity contribution in [1.29, 1.82) is 5.26 Å². The number of anilines is 1. The van der Waals surface area contributed by atoms with Gasteiger partial charge < -0.3 is 15.8 Å². The normalized spacial score (nSPS) is 21.5. The number of nitrogens with zero attached hydrogens (tertiary/aromatic N) is 3. The second-order valence-corrected chi connectivity index (χ2v) is 12.4. The highest BCUT2D eigenvalue weighted by molar-refractivity contribution is 8.13.